The van der Waals surface area contributed by atoms with Gasteiger partial charge in [0.2, 0.25) is 0 Å². The van der Waals surface area contributed by atoms with Gasteiger partial charge in [0, 0.05) is 35.3 Å². The van der Waals surface area contributed by atoms with Crippen LogP contribution in [0, 0.1) is 6.92 Å². The van der Waals surface area contributed by atoms with Crippen LogP contribution in [-0.4, -0.2) is 101 Å². The first-order valence-electron chi connectivity index (χ1n) is 25.1. The van der Waals surface area contributed by atoms with Crippen LogP contribution in [0.1, 0.15) is 119 Å². The first-order valence-corrected chi connectivity index (χ1v) is 25.1. The molecule has 0 saturated carbocycles. The van der Waals surface area contributed by atoms with E-state index in [0.29, 0.717) is 85.9 Å². The number of phenols is 3. The highest BCUT2D eigenvalue weighted by Gasteiger charge is 2.61. The van der Waals surface area contributed by atoms with Gasteiger partial charge in [0.05, 0.1) is 0 Å². The van der Waals surface area contributed by atoms with Gasteiger partial charge in [-0.1, -0.05) is 66.9 Å². The quantitative estimate of drug-likeness (QED) is 0.112. The molecule has 2 saturated heterocycles. The molecule has 0 amide bonds. The number of carbonyl (C=O) groups excluding carboxylic acids is 4. The zero-order valence-corrected chi connectivity index (χ0v) is 40.3. The summed E-state index contributed by atoms with van der Waals surface area (Å²) >= 11 is 0. The highest BCUT2D eigenvalue weighted by atomic mass is 16.5. The number of allylic oxidation sites excluding steroid dienone is 2. The second-order valence-electron chi connectivity index (χ2n) is 19.8. The van der Waals surface area contributed by atoms with Gasteiger partial charge in [-0.25, -0.2) is 0 Å². The van der Waals surface area contributed by atoms with Crippen LogP contribution in [0.15, 0.2) is 121 Å². The molecule has 2 unspecified atom stereocenters. The van der Waals surface area contributed by atoms with Crippen molar-refractivity contribution in [2.24, 2.45) is 0 Å². The Balaban J connectivity index is 0.000000156. The highest BCUT2D eigenvalue weighted by Crippen LogP contribution is 2.57. The third-order valence-electron chi connectivity index (χ3n) is 15.4. The van der Waals surface area contributed by atoms with E-state index in [1.165, 1.54) is 44.6 Å². The number of Topliss-reactive ketones (excluding diaryl/α,β-unsaturated/α-hetero) is 4. The Morgan fingerprint density at radius 2 is 0.903 bits per heavy atom. The molecular formula is C61H56N2O9. The fraction of sp³-hybridized carbons (Fsp3) is 0.279. The summed E-state index contributed by atoms with van der Waals surface area (Å²) in [6.07, 6.45) is 11.1. The maximum Gasteiger partial charge on any atom is 0.186 e. The van der Waals surface area contributed by atoms with E-state index in [9.17, 15) is 34.5 Å². The molecule has 6 aromatic carbocycles. The normalized spacial score (nSPS) is 21.0. The predicted molar refractivity (Wildman–Crippen MR) is 276 cm³/mol. The number of fused-ring (bicyclic) bond motifs is 6. The Morgan fingerprint density at radius 3 is 1.38 bits per heavy atom. The third-order valence-corrected chi connectivity index (χ3v) is 15.4. The Labute approximate surface area is 418 Å². The van der Waals surface area contributed by atoms with Crippen molar-refractivity contribution >= 4 is 46.4 Å². The number of benzene rings is 6. The summed E-state index contributed by atoms with van der Waals surface area (Å²) in [4.78, 5) is 61.3. The molecule has 2 spiro atoms. The zero-order chi connectivity index (χ0) is 49.7. The van der Waals surface area contributed by atoms with Gasteiger partial charge in [-0.05, 0) is 188 Å². The van der Waals surface area contributed by atoms with Crippen molar-refractivity contribution in [3.8, 4) is 28.7 Å². The van der Waals surface area contributed by atoms with Crippen molar-refractivity contribution in [3.63, 3.8) is 0 Å². The number of piperidine rings is 2. The first-order chi connectivity index (χ1) is 35.0. The molecule has 11 heteroatoms. The molecule has 4 aliphatic carbocycles. The second kappa shape index (κ2) is 18.9. The standard InChI is InChI=1S/C31H29NO4.C30H27NO5/c1-20-5-7-21(8-6-20)28-18-22-17-23(33)9-12-27(22)31(28)29(34)25-11-10-24(19-26(25)30(31)35)36-16-15-32-13-3-2-4-14-32;32-21-6-4-5-19(15-21)27-17-20-16-22(33)7-10-26(20)30(27)28(34)24-9-8-23(18-25(24)29(30)35)36-14-13-31-11-2-1-3-12-31/h5-12,17-19,33H,2-4,13-16H2,1H3;4-10,15-18,32-33H,1-3,11-14H2. The maximum atomic E-state index is 14.2. The Morgan fingerprint density at radius 1 is 0.458 bits per heavy atom. The molecule has 2 aliphatic heterocycles. The number of aromatic hydroxyl groups is 3. The number of phenolic OH excluding ortho intramolecular Hbond substituents is 3. The largest absolute Gasteiger partial charge is 0.508 e. The Kier molecular flexibility index (Phi) is 12.3. The summed E-state index contributed by atoms with van der Waals surface area (Å²) in [6.45, 7) is 9.12. The van der Waals surface area contributed by atoms with Gasteiger partial charge in [0.1, 0.15) is 52.8 Å². The number of aryl methyl sites for hydroxylation is 1. The molecule has 0 aromatic heterocycles. The molecule has 6 aliphatic rings. The summed E-state index contributed by atoms with van der Waals surface area (Å²) in [6, 6.07) is 34.4. The van der Waals surface area contributed by atoms with Crippen molar-refractivity contribution in [2.45, 2.75) is 56.3 Å². The number of hydrogen-bond donors (Lipinski definition) is 3. The molecule has 2 heterocycles. The van der Waals surface area contributed by atoms with Crippen LogP contribution in [0.25, 0.3) is 23.3 Å². The fourth-order valence-electron chi connectivity index (χ4n) is 11.8. The van der Waals surface area contributed by atoms with E-state index in [4.69, 9.17) is 9.47 Å². The lowest BCUT2D eigenvalue weighted by Gasteiger charge is -2.26. The zero-order valence-electron chi connectivity index (χ0n) is 40.3. The average molecular weight is 961 g/mol. The minimum absolute atomic E-state index is 0.0437. The molecule has 12 rings (SSSR count). The molecular weight excluding hydrogens is 905 g/mol. The fourth-order valence-corrected chi connectivity index (χ4v) is 11.8. The molecule has 2 fully saturated rings. The van der Waals surface area contributed by atoms with Crippen LogP contribution in [-0.2, 0) is 10.8 Å². The third kappa shape index (κ3) is 7.91. The van der Waals surface area contributed by atoms with Crippen molar-refractivity contribution in [1.29, 1.82) is 0 Å². The number of hydrogen-bond acceptors (Lipinski definition) is 11. The van der Waals surface area contributed by atoms with Crippen molar-refractivity contribution in [1.82, 2.24) is 9.80 Å². The van der Waals surface area contributed by atoms with Gasteiger partial charge in [0.15, 0.2) is 23.1 Å². The minimum Gasteiger partial charge on any atom is -0.508 e. The van der Waals surface area contributed by atoms with Crippen molar-refractivity contribution < 1.29 is 44.0 Å². The van der Waals surface area contributed by atoms with Crippen molar-refractivity contribution in [2.75, 3.05) is 52.5 Å². The van der Waals surface area contributed by atoms with Crippen LogP contribution in [0.4, 0.5) is 0 Å². The molecule has 6 aromatic rings. The van der Waals surface area contributed by atoms with Gasteiger partial charge < -0.3 is 24.8 Å². The monoisotopic (exact) mass is 960 g/mol. The first kappa shape index (κ1) is 46.8. The van der Waals surface area contributed by atoms with Gasteiger partial charge in [-0.2, -0.15) is 0 Å². The Bertz CT molecular complexity index is 3250. The van der Waals surface area contributed by atoms with E-state index in [2.05, 4.69) is 9.80 Å². The molecule has 364 valence electrons. The van der Waals surface area contributed by atoms with Crippen LogP contribution < -0.4 is 9.47 Å². The smallest absolute Gasteiger partial charge is 0.186 e. The van der Waals surface area contributed by atoms with Crippen LogP contribution in [0.5, 0.6) is 28.7 Å². The number of rotatable bonds is 10. The van der Waals surface area contributed by atoms with Crippen LogP contribution in [0.2, 0.25) is 0 Å². The lowest BCUT2D eigenvalue weighted by molar-refractivity contribution is 0.0829. The summed E-state index contributed by atoms with van der Waals surface area (Å²) in [5, 5.41) is 30.3. The maximum absolute atomic E-state index is 14.2. The summed E-state index contributed by atoms with van der Waals surface area (Å²) < 4.78 is 12.0. The topological polar surface area (TPSA) is 154 Å². The Hall–Kier alpha value is -7.60. The molecule has 72 heavy (non-hydrogen) atoms. The molecule has 11 nitrogen and oxygen atoms in total. The SMILES string of the molecule is Cc1ccc(C2=Cc3cc(O)ccc3C23C(=O)c2ccc(OCCN4CCCCC4)cc2C3=O)cc1.O=C1c2ccc(OCCN3CCCCC3)cc2C(=O)C12C(c1cccc(O)c1)=Cc1cc(O)ccc12. The van der Waals surface area contributed by atoms with Gasteiger partial charge >= 0.3 is 0 Å². The number of nitrogens with zero attached hydrogens (tertiary/aromatic N) is 2. The second-order valence-corrected chi connectivity index (χ2v) is 19.8. The lowest BCUT2D eigenvalue weighted by atomic mass is 9.71. The van der Waals surface area contributed by atoms with E-state index in [-0.39, 0.29) is 40.4 Å². The molecule has 0 radical (unpaired) electrons. The van der Waals surface area contributed by atoms with E-state index >= 15 is 0 Å². The summed E-state index contributed by atoms with van der Waals surface area (Å²) in [7, 11) is 0. The lowest BCUT2D eigenvalue weighted by Crippen LogP contribution is -2.38. The molecule has 3 N–H and O–H groups in total. The van der Waals surface area contributed by atoms with Crippen LogP contribution >= 0.6 is 0 Å². The average Bonchev–Trinajstić information content (AvgIpc) is 4.05. The van der Waals surface area contributed by atoms with Gasteiger partial charge in [-0.3, -0.25) is 29.0 Å². The minimum atomic E-state index is -1.56. The summed E-state index contributed by atoms with van der Waals surface area (Å²) in [5.74, 6) is 0.289. The molecule has 2 atom stereocenters. The number of ether oxygens (including phenoxy) is 2. The van der Waals surface area contributed by atoms with Gasteiger partial charge in [0.25, 0.3) is 0 Å². The predicted octanol–water partition coefficient (Wildman–Crippen LogP) is 10.3. The highest BCUT2D eigenvalue weighted by molar-refractivity contribution is 6.42. The molecule has 0 bridgehead atoms. The van der Waals surface area contributed by atoms with Gasteiger partial charge in [-0.15, -0.1) is 0 Å². The number of likely N-dealkylation sites (tertiary alicyclic amines) is 2. The van der Waals surface area contributed by atoms with E-state index in [1.807, 2.05) is 37.3 Å². The van der Waals surface area contributed by atoms with E-state index < -0.39 is 10.8 Å². The number of carbonyl (C=O) groups is 4. The van der Waals surface area contributed by atoms with Crippen molar-refractivity contribution in [3.05, 3.63) is 183 Å². The number of ketones is 4. The van der Waals surface area contributed by atoms with Crippen LogP contribution in [0.3, 0.4) is 0 Å². The van der Waals surface area contributed by atoms with E-state index in [0.717, 1.165) is 50.4 Å². The summed E-state index contributed by atoms with van der Waals surface area (Å²) in [5.41, 5.74) is 4.61. The van der Waals surface area contributed by atoms with E-state index in [1.54, 1.807) is 97.1 Å².